The molecule has 1 aliphatic heterocycles. The second-order valence-corrected chi connectivity index (χ2v) is 5.19. The molecular weight excluding hydrogens is 255 g/mol. The van der Waals surface area contributed by atoms with E-state index >= 15 is 0 Å². The predicted molar refractivity (Wildman–Crippen MR) is 69.3 cm³/mol. The van der Waals surface area contributed by atoms with Gasteiger partial charge < -0.3 is 9.84 Å². The highest BCUT2D eigenvalue weighted by molar-refractivity contribution is 6.30. The van der Waals surface area contributed by atoms with E-state index in [-0.39, 0.29) is 11.1 Å². The van der Waals surface area contributed by atoms with Crippen LogP contribution in [0.3, 0.4) is 0 Å². The van der Waals surface area contributed by atoms with Crippen molar-refractivity contribution in [3.63, 3.8) is 0 Å². The number of halogens is 2. The lowest BCUT2D eigenvalue weighted by molar-refractivity contribution is 0.0811. The van der Waals surface area contributed by atoms with Crippen molar-refractivity contribution in [2.45, 2.75) is 44.3 Å². The molecule has 0 spiro atoms. The molecule has 1 fully saturated rings. The van der Waals surface area contributed by atoms with Crippen LogP contribution in [0.1, 0.15) is 31.2 Å². The van der Waals surface area contributed by atoms with Gasteiger partial charge in [-0.25, -0.2) is 4.39 Å². The van der Waals surface area contributed by atoms with E-state index in [0.717, 1.165) is 25.9 Å². The van der Waals surface area contributed by atoms with Crippen LogP contribution >= 0.6 is 11.6 Å². The smallest absolute Gasteiger partial charge is 0.145 e. The van der Waals surface area contributed by atoms with Crippen molar-refractivity contribution in [2.24, 2.45) is 0 Å². The van der Waals surface area contributed by atoms with Gasteiger partial charge in [-0.2, -0.15) is 0 Å². The van der Waals surface area contributed by atoms with Crippen molar-refractivity contribution >= 4 is 11.6 Å². The highest BCUT2D eigenvalue weighted by Gasteiger charge is 2.18. The van der Waals surface area contributed by atoms with Crippen molar-refractivity contribution in [1.82, 2.24) is 0 Å². The molecule has 0 aromatic heterocycles. The van der Waals surface area contributed by atoms with Gasteiger partial charge in [-0.3, -0.25) is 0 Å². The third-order valence-corrected chi connectivity index (χ3v) is 3.62. The largest absolute Gasteiger partial charge is 0.393 e. The van der Waals surface area contributed by atoms with E-state index < -0.39 is 11.9 Å². The number of aliphatic hydroxyl groups is 1. The number of rotatable bonds is 5. The fourth-order valence-electron chi connectivity index (χ4n) is 2.31. The number of benzene rings is 1. The van der Waals surface area contributed by atoms with Crippen molar-refractivity contribution < 1.29 is 14.2 Å². The van der Waals surface area contributed by atoms with E-state index in [1.54, 1.807) is 12.1 Å². The molecule has 1 N–H and O–H groups in total. The summed E-state index contributed by atoms with van der Waals surface area (Å²) in [5.74, 6) is -0.421. The Labute approximate surface area is 112 Å². The van der Waals surface area contributed by atoms with Gasteiger partial charge in [0.15, 0.2) is 0 Å². The lowest BCUT2D eigenvalue weighted by atomic mass is 10.0. The van der Waals surface area contributed by atoms with Crippen LogP contribution < -0.4 is 0 Å². The third kappa shape index (κ3) is 3.67. The number of aliphatic hydroxyl groups excluding tert-OH is 1. The van der Waals surface area contributed by atoms with Gasteiger partial charge in [0.1, 0.15) is 5.82 Å². The minimum Gasteiger partial charge on any atom is -0.393 e. The zero-order chi connectivity index (χ0) is 13.0. The molecule has 2 nitrogen and oxygen atoms in total. The van der Waals surface area contributed by atoms with E-state index in [2.05, 4.69) is 0 Å². The van der Waals surface area contributed by atoms with Gasteiger partial charge in [-0.1, -0.05) is 23.7 Å². The van der Waals surface area contributed by atoms with E-state index in [4.69, 9.17) is 16.3 Å². The first kappa shape index (κ1) is 13.8. The van der Waals surface area contributed by atoms with Crippen LogP contribution in [0.4, 0.5) is 4.39 Å². The summed E-state index contributed by atoms with van der Waals surface area (Å²) >= 11 is 5.70. The lowest BCUT2D eigenvalue weighted by Gasteiger charge is -2.14. The molecule has 4 heteroatoms. The average Bonchev–Trinajstić information content (AvgIpc) is 2.86. The topological polar surface area (TPSA) is 29.5 Å². The summed E-state index contributed by atoms with van der Waals surface area (Å²) < 4.78 is 19.1. The lowest BCUT2D eigenvalue weighted by Crippen LogP contribution is -2.15. The summed E-state index contributed by atoms with van der Waals surface area (Å²) in [7, 11) is 0. The van der Waals surface area contributed by atoms with Gasteiger partial charge in [0.05, 0.1) is 17.2 Å². The number of ether oxygens (including phenoxy) is 1. The fraction of sp³-hybridized carbons (Fsp3) is 0.571. The van der Waals surface area contributed by atoms with Crippen molar-refractivity contribution in [2.75, 3.05) is 6.61 Å². The first-order chi connectivity index (χ1) is 8.66. The first-order valence-electron chi connectivity index (χ1n) is 6.39. The van der Waals surface area contributed by atoms with Crippen molar-refractivity contribution in [3.8, 4) is 0 Å². The zero-order valence-corrected chi connectivity index (χ0v) is 11.0. The van der Waals surface area contributed by atoms with Gasteiger partial charge in [-0.05, 0) is 37.3 Å². The molecule has 18 heavy (non-hydrogen) atoms. The monoisotopic (exact) mass is 272 g/mol. The maximum atomic E-state index is 13.6. The molecule has 1 aromatic rings. The molecule has 1 saturated heterocycles. The maximum Gasteiger partial charge on any atom is 0.145 e. The standard InChI is InChI=1S/C14H18ClFO2/c15-13-5-1-3-10(14(13)16)9-11(17)6-7-12-4-2-8-18-12/h1,3,5,11-12,17H,2,4,6-9H2. The molecule has 0 saturated carbocycles. The SMILES string of the molecule is OC(CCC1CCCO1)Cc1cccc(Cl)c1F. The number of hydrogen-bond acceptors (Lipinski definition) is 2. The van der Waals surface area contributed by atoms with Crippen LogP contribution in [0.5, 0.6) is 0 Å². The normalized spacial score (nSPS) is 21.2. The average molecular weight is 273 g/mol. The van der Waals surface area contributed by atoms with Crippen LogP contribution in [-0.2, 0) is 11.2 Å². The Balaban J connectivity index is 1.82. The van der Waals surface area contributed by atoms with Crippen molar-refractivity contribution in [3.05, 3.63) is 34.6 Å². The van der Waals surface area contributed by atoms with Gasteiger partial charge in [0.25, 0.3) is 0 Å². The minimum absolute atomic E-state index is 0.110. The summed E-state index contributed by atoms with van der Waals surface area (Å²) in [5, 5.41) is 10.0. The van der Waals surface area contributed by atoms with Crippen molar-refractivity contribution in [1.29, 1.82) is 0 Å². The fourth-order valence-corrected chi connectivity index (χ4v) is 2.51. The van der Waals surface area contributed by atoms with Crippen LogP contribution in [0.15, 0.2) is 18.2 Å². The number of hydrogen-bond donors (Lipinski definition) is 1. The Morgan fingerprint density at radius 2 is 2.33 bits per heavy atom. The van der Waals surface area contributed by atoms with Crippen LogP contribution in [-0.4, -0.2) is 23.9 Å². The molecule has 2 atom stereocenters. The Bertz CT molecular complexity index is 391. The molecule has 0 aliphatic carbocycles. The third-order valence-electron chi connectivity index (χ3n) is 3.33. The van der Waals surface area contributed by atoms with E-state index in [0.29, 0.717) is 18.4 Å². The molecule has 2 rings (SSSR count). The van der Waals surface area contributed by atoms with Crippen LogP contribution in [0.2, 0.25) is 5.02 Å². The molecule has 100 valence electrons. The quantitative estimate of drug-likeness (QED) is 0.891. The summed E-state index contributed by atoms with van der Waals surface area (Å²) in [4.78, 5) is 0. The second kappa shape index (κ2) is 6.50. The summed E-state index contributed by atoms with van der Waals surface area (Å²) in [6, 6.07) is 4.88. The summed E-state index contributed by atoms with van der Waals surface area (Å²) in [5.41, 5.74) is 0.474. The van der Waals surface area contributed by atoms with Crippen LogP contribution in [0, 0.1) is 5.82 Å². The molecule has 1 aromatic carbocycles. The predicted octanol–water partition coefficient (Wildman–Crippen LogP) is 3.34. The molecular formula is C14H18ClFO2. The van der Waals surface area contributed by atoms with E-state index in [1.807, 2.05) is 0 Å². The van der Waals surface area contributed by atoms with Gasteiger partial charge in [0.2, 0.25) is 0 Å². The Morgan fingerprint density at radius 1 is 1.50 bits per heavy atom. The maximum absolute atomic E-state index is 13.6. The highest BCUT2D eigenvalue weighted by Crippen LogP contribution is 2.22. The van der Waals surface area contributed by atoms with Crippen LogP contribution in [0.25, 0.3) is 0 Å². The Hall–Kier alpha value is -0.640. The molecule has 1 heterocycles. The van der Waals surface area contributed by atoms with Gasteiger partial charge >= 0.3 is 0 Å². The van der Waals surface area contributed by atoms with Gasteiger partial charge in [-0.15, -0.1) is 0 Å². The first-order valence-corrected chi connectivity index (χ1v) is 6.77. The molecule has 0 amide bonds. The molecule has 1 aliphatic rings. The molecule has 0 radical (unpaired) electrons. The zero-order valence-electron chi connectivity index (χ0n) is 10.2. The van der Waals surface area contributed by atoms with Gasteiger partial charge in [0, 0.05) is 13.0 Å². The molecule has 0 bridgehead atoms. The summed E-state index contributed by atoms with van der Waals surface area (Å²) in [6.07, 6.45) is 3.67. The summed E-state index contributed by atoms with van der Waals surface area (Å²) in [6.45, 7) is 0.823. The second-order valence-electron chi connectivity index (χ2n) is 4.78. The molecule has 2 unspecified atom stereocenters. The Kier molecular flexibility index (Phi) is 4.98. The Morgan fingerprint density at radius 3 is 3.06 bits per heavy atom. The van der Waals surface area contributed by atoms with E-state index in [9.17, 15) is 9.50 Å². The highest BCUT2D eigenvalue weighted by atomic mass is 35.5. The minimum atomic E-state index is -0.540. The van der Waals surface area contributed by atoms with E-state index in [1.165, 1.54) is 6.07 Å².